The van der Waals surface area contributed by atoms with Crippen LogP contribution in [0.3, 0.4) is 0 Å². The maximum Gasteiger partial charge on any atom is 0.433 e. The molecule has 0 aliphatic heterocycles. The summed E-state index contributed by atoms with van der Waals surface area (Å²) >= 11 is 1.32. The molecule has 1 N–H and O–H groups in total. The number of aromatic nitrogens is 4. The van der Waals surface area contributed by atoms with Crippen molar-refractivity contribution in [2.45, 2.75) is 13.3 Å². The second-order valence-electron chi connectivity index (χ2n) is 5.20. The molecule has 25 heavy (non-hydrogen) atoms. The van der Waals surface area contributed by atoms with Gasteiger partial charge in [0.05, 0.1) is 6.07 Å². The van der Waals surface area contributed by atoms with Crippen molar-refractivity contribution in [3.63, 3.8) is 0 Å². The Bertz CT molecular complexity index is 1050. The van der Waals surface area contributed by atoms with Crippen LogP contribution in [0.5, 0.6) is 0 Å². The number of furan rings is 1. The van der Waals surface area contributed by atoms with Crippen molar-refractivity contribution in [3.8, 4) is 11.6 Å². The molecular formula is C15H12N6O3S. The fourth-order valence-electron chi connectivity index (χ4n) is 2.31. The molecule has 0 bridgehead atoms. The van der Waals surface area contributed by atoms with E-state index in [1.807, 2.05) is 12.1 Å². The topological polar surface area (TPSA) is 111 Å². The number of rotatable bonds is 5. The van der Waals surface area contributed by atoms with Crippen LogP contribution < -0.4 is 5.32 Å². The van der Waals surface area contributed by atoms with Gasteiger partial charge in [-0.1, -0.05) is 30.4 Å². The van der Waals surface area contributed by atoms with E-state index in [0.717, 1.165) is 12.1 Å². The lowest BCUT2D eigenvalue weighted by atomic mass is 10.1. The van der Waals surface area contributed by atoms with Crippen molar-refractivity contribution in [3.05, 3.63) is 52.1 Å². The summed E-state index contributed by atoms with van der Waals surface area (Å²) in [6, 6.07) is 10.8. The highest BCUT2D eigenvalue weighted by Gasteiger charge is 2.19. The van der Waals surface area contributed by atoms with Crippen molar-refractivity contribution in [2.24, 2.45) is 0 Å². The van der Waals surface area contributed by atoms with Gasteiger partial charge in [0, 0.05) is 5.69 Å². The molecule has 0 radical (unpaired) electrons. The SMILES string of the molecule is CCc1ccc(Nc2nn3c(-c4ccc([N+](=O)[O-])o4)nnc3s2)cc1. The fourth-order valence-corrected chi connectivity index (χ4v) is 3.07. The predicted octanol–water partition coefficient (Wildman–Crippen LogP) is 3.66. The Labute approximate surface area is 145 Å². The minimum absolute atomic E-state index is 0.239. The molecule has 3 aromatic heterocycles. The summed E-state index contributed by atoms with van der Waals surface area (Å²) in [4.78, 5) is 10.7. The Balaban J connectivity index is 1.64. The van der Waals surface area contributed by atoms with Gasteiger partial charge in [0.25, 0.3) is 0 Å². The molecule has 4 aromatic rings. The fraction of sp³-hybridized carbons (Fsp3) is 0.133. The van der Waals surface area contributed by atoms with Crippen LogP contribution in [0.2, 0.25) is 0 Å². The third-order valence-corrected chi connectivity index (χ3v) is 4.41. The van der Waals surface area contributed by atoms with Gasteiger partial charge in [-0.2, -0.15) is 4.52 Å². The molecule has 3 heterocycles. The Morgan fingerprint density at radius 1 is 1.24 bits per heavy atom. The zero-order chi connectivity index (χ0) is 17.4. The van der Waals surface area contributed by atoms with Crippen LogP contribution >= 0.6 is 11.3 Å². The van der Waals surface area contributed by atoms with Crippen molar-refractivity contribution in [1.82, 2.24) is 19.8 Å². The lowest BCUT2D eigenvalue weighted by Crippen LogP contribution is -1.94. The summed E-state index contributed by atoms with van der Waals surface area (Å²) in [6.07, 6.45) is 0.982. The summed E-state index contributed by atoms with van der Waals surface area (Å²) < 4.78 is 6.67. The van der Waals surface area contributed by atoms with E-state index in [1.54, 1.807) is 0 Å². The molecule has 0 spiro atoms. The monoisotopic (exact) mass is 356 g/mol. The normalized spacial score (nSPS) is 11.1. The average Bonchev–Trinajstić information content (AvgIpc) is 3.30. The van der Waals surface area contributed by atoms with E-state index in [1.165, 1.54) is 33.5 Å². The van der Waals surface area contributed by atoms with Crippen LogP contribution in [0.25, 0.3) is 16.5 Å². The Kier molecular flexibility index (Phi) is 3.65. The summed E-state index contributed by atoms with van der Waals surface area (Å²) in [5.41, 5.74) is 2.17. The lowest BCUT2D eigenvalue weighted by Gasteiger charge is -2.02. The summed E-state index contributed by atoms with van der Waals surface area (Å²) in [7, 11) is 0. The molecule has 9 nitrogen and oxygen atoms in total. The van der Waals surface area contributed by atoms with Crippen LogP contribution in [0.1, 0.15) is 12.5 Å². The zero-order valence-electron chi connectivity index (χ0n) is 13.0. The Morgan fingerprint density at radius 2 is 2.04 bits per heavy atom. The van der Waals surface area contributed by atoms with Gasteiger partial charge >= 0.3 is 5.88 Å². The standard InChI is InChI=1S/C15H12N6O3S/c1-2-9-3-5-10(6-4-9)16-14-19-20-13(17-18-15(20)25-14)11-7-8-12(24-11)21(22)23/h3-8H,2H2,1H3,(H,16,19). The molecule has 1 aromatic carbocycles. The van der Waals surface area contributed by atoms with E-state index in [9.17, 15) is 10.1 Å². The lowest BCUT2D eigenvalue weighted by molar-refractivity contribution is -0.401. The molecule has 0 fully saturated rings. The number of benzene rings is 1. The van der Waals surface area contributed by atoms with E-state index < -0.39 is 4.92 Å². The molecule has 0 saturated carbocycles. The average molecular weight is 356 g/mol. The molecule has 0 atom stereocenters. The molecule has 0 aliphatic rings. The van der Waals surface area contributed by atoms with E-state index in [4.69, 9.17) is 4.42 Å². The number of nitro groups is 1. The van der Waals surface area contributed by atoms with Crippen molar-refractivity contribution in [1.29, 1.82) is 0 Å². The minimum atomic E-state index is -0.601. The molecule has 126 valence electrons. The Hall–Kier alpha value is -3.27. The van der Waals surface area contributed by atoms with Gasteiger partial charge in [-0.3, -0.25) is 10.1 Å². The van der Waals surface area contributed by atoms with Gasteiger partial charge in [-0.25, -0.2) is 0 Å². The van der Waals surface area contributed by atoms with Crippen molar-refractivity contribution in [2.75, 3.05) is 5.32 Å². The first-order valence-corrected chi connectivity index (χ1v) is 8.28. The highest BCUT2D eigenvalue weighted by molar-refractivity contribution is 7.20. The number of aryl methyl sites for hydroxylation is 1. The molecule has 0 aliphatic carbocycles. The van der Waals surface area contributed by atoms with E-state index in [0.29, 0.717) is 15.9 Å². The van der Waals surface area contributed by atoms with Crippen molar-refractivity contribution >= 4 is 33.0 Å². The first kappa shape index (κ1) is 15.3. The van der Waals surface area contributed by atoms with Crippen LogP contribution in [-0.4, -0.2) is 24.7 Å². The third kappa shape index (κ3) is 2.83. The van der Waals surface area contributed by atoms with Gasteiger partial charge in [-0.15, -0.1) is 15.3 Å². The highest BCUT2D eigenvalue weighted by atomic mass is 32.1. The summed E-state index contributed by atoms with van der Waals surface area (Å²) in [5.74, 6) is 0.202. The predicted molar refractivity (Wildman–Crippen MR) is 92.1 cm³/mol. The number of fused-ring (bicyclic) bond motifs is 1. The molecular weight excluding hydrogens is 344 g/mol. The maximum absolute atomic E-state index is 10.7. The first-order valence-electron chi connectivity index (χ1n) is 7.47. The van der Waals surface area contributed by atoms with Gasteiger partial charge in [0.15, 0.2) is 5.76 Å². The maximum atomic E-state index is 10.7. The number of nitrogens with zero attached hydrogens (tertiary/aromatic N) is 5. The number of hydrogen-bond donors (Lipinski definition) is 1. The van der Waals surface area contributed by atoms with E-state index >= 15 is 0 Å². The zero-order valence-corrected chi connectivity index (χ0v) is 13.9. The number of hydrogen-bond acceptors (Lipinski definition) is 8. The van der Waals surface area contributed by atoms with Gasteiger partial charge in [0.2, 0.25) is 15.9 Å². The quantitative estimate of drug-likeness (QED) is 0.429. The van der Waals surface area contributed by atoms with Gasteiger partial charge < -0.3 is 9.73 Å². The molecule has 0 amide bonds. The van der Waals surface area contributed by atoms with Crippen LogP contribution in [0.4, 0.5) is 16.7 Å². The van der Waals surface area contributed by atoms with E-state index in [2.05, 4.69) is 39.7 Å². The summed E-state index contributed by atoms with van der Waals surface area (Å²) in [5, 5.41) is 27.0. The molecule has 0 saturated heterocycles. The number of nitrogens with one attached hydrogen (secondary N) is 1. The smallest absolute Gasteiger partial charge is 0.397 e. The van der Waals surface area contributed by atoms with Gasteiger partial charge in [0.1, 0.15) is 4.92 Å². The largest absolute Gasteiger partial charge is 0.433 e. The molecule has 4 rings (SSSR count). The van der Waals surface area contributed by atoms with Crippen LogP contribution in [0.15, 0.2) is 40.8 Å². The van der Waals surface area contributed by atoms with Gasteiger partial charge in [-0.05, 0) is 30.2 Å². The minimum Gasteiger partial charge on any atom is -0.397 e. The third-order valence-electron chi connectivity index (χ3n) is 3.60. The second-order valence-corrected chi connectivity index (χ2v) is 6.15. The van der Waals surface area contributed by atoms with Crippen LogP contribution in [0, 0.1) is 10.1 Å². The first-order chi connectivity index (χ1) is 12.1. The highest BCUT2D eigenvalue weighted by Crippen LogP contribution is 2.29. The van der Waals surface area contributed by atoms with Crippen molar-refractivity contribution < 1.29 is 9.34 Å². The molecule has 10 heteroatoms. The number of anilines is 2. The Morgan fingerprint density at radius 3 is 2.72 bits per heavy atom. The van der Waals surface area contributed by atoms with E-state index in [-0.39, 0.29) is 11.6 Å². The second kappa shape index (κ2) is 5.98. The van der Waals surface area contributed by atoms with Crippen LogP contribution in [-0.2, 0) is 6.42 Å². The summed E-state index contributed by atoms with van der Waals surface area (Å²) in [6.45, 7) is 2.10. The molecule has 0 unspecified atom stereocenters.